The predicted molar refractivity (Wildman–Crippen MR) is 62.8 cm³/mol. The third-order valence-corrected chi connectivity index (χ3v) is 2.29. The van der Waals surface area contributed by atoms with Crippen LogP contribution in [0.4, 0.5) is 17.6 Å². The molecule has 0 amide bonds. The van der Waals surface area contributed by atoms with Crippen LogP contribution in [-0.4, -0.2) is 42.4 Å². The fraction of sp³-hybridized carbons (Fsp3) is 0.385. The second kappa shape index (κ2) is 6.55. The summed E-state index contributed by atoms with van der Waals surface area (Å²) in [6, 6.07) is 5.46. The number of aliphatic hydroxyl groups excluding tert-OH is 1. The number of hydrogen-bond acceptors (Lipinski definition) is 2. The standard InChI is InChI=1S/C13H13F4NO/c1-18(9-12(19)13(15,16)17)8-2-3-10-4-6-11(14)7-5-10/h4-7,12,19H,8-9H2,1H3. The van der Waals surface area contributed by atoms with E-state index in [-0.39, 0.29) is 12.4 Å². The quantitative estimate of drug-likeness (QED) is 0.674. The van der Waals surface area contributed by atoms with Crippen LogP contribution in [0.15, 0.2) is 24.3 Å². The van der Waals surface area contributed by atoms with Gasteiger partial charge in [0.2, 0.25) is 0 Å². The number of alkyl halides is 3. The van der Waals surface area contributed by atoms with E-state index in [4.69, 9.17) is 5.11 Å². The highest BCUT2D eigenvalue weighted by molar-refractivity contribution is 5.34. The molecule has 0 aliphatic rings. The summed E-state index contributed by atoms with van der Waals surface area (Å²) < 4.78 is 48.9. The summed E-state index contributed by atoms with van der Waals surface area (Å²) in [6.45, 7) is -0.466. The Bertz CT molecular complexity index is 458. The van der Waals surface area contributed by atoms with Crippen molar-refractivity contribution >= 4 is 0 Å². The molecule has 1 aromatic carbocycles. The molecule has 1 rings (SSSR count). The van der Waals surface area contributed by atoms with Crippen molar-refractivity contribution < 1.29 is 22.7 Å². The average molecular weight is 275 g/mol. The predicted octanol–water partition coefficient (Wildman–Crippen LogP) is 2.03. The molecule has 0 aliphatic carbocycles. The largest absolute Gasteiger partial charge is 0.415 e. The highest BCUT2D eigenvalue weighted by Crippen LogP contribution is 2.20. The molecule has 1 aromatic rings. The topological polar surface area (TPSA) is 23.5 Å². The van der Waals surface area contributed by atoms with Crippen LogP contribution in [0.1, 0.15) is 5.56 Å². The van der Waals surface area contributed by atoms with E-state index in [2.05, 4.69) is 11.8 Å². The molecule has 19 heavy (non-hydrogen) atoms. The van der Waals surface area contributed by atoms with Gasteiger partial charge in [-0.3, -0.25) is 4.90 Å². The van der Waals surface area contributed by atoms with Crippen LogP contribution in [0.2, 0.25) is 0 Å². The van der Waals surface area contributed by atoms with Gasteiger partial charge in [0.1, 0.15) is 5.82 Å². The van der Waals surface area contributed by atoms with E-state index in [0.29, 0.717) is 5.56 Å². The van der Waals surface area contributed by atoms with Gasteiger partial charge in [-0.05, 0) is 31.3 Å². The molecule has 0 fully saturated rings. The average Bonchev–Trinajstić information content (AvgIpc) is 2.30. The fourth-order valence-corrected chi connectivity index (χ4v) is 1.27. The zero-order valence-corrected chi connectivity index (χ0v) is 10.2. The van der Waals surface area contributed by atoms with Gasteiger partial charge in [-0.15, -0.1) is 0 Å². The Hall–Kier alpha value is -1.58. The molecule has 6 heteroatoms. The Kier molecular flexibility index (Phi) is 5.33. The van der Waals surface area contributed by atoms with Gasteiger partial charge >= 0.3 is 6.18 Å². The minimum absolute atomic E-state index is 0.0739. The van der Waals surface area contributed by atoms with Crippen LogP contribution in [0.5, 0.6) is 0 Å². The molecule has 1 atom stereocenters. The lowest BCUT2D eigenvalue weighted by Gasteiger charge is -2.20. The fourth-order valence-electron chi connectivity index (χ4n) is 1.27. The zero-order valence-electron chi connectivity index (χ0n) is 10.2. The number of aliphatic hydroxyl groups is 1. The summed E-state index contributed by atoms with van der Waals surface area (Å²) in [5.41, 5.74) is 0.575. The molecular formula is C13H13F4NO. The van der Waals surface area contributed by atoms with E-state index in [1.54, 1.807) is 0 Å². The molecule has 0 bridgehead atoms. The van der Waals surface area contributed by atoms with Gasteiger partial charge in [0.05, 0.1) is 6.54 Å². The first kappa shape index (κ1) is 15.5. The monoisotopic (exact) mass is 275 g/mol. The van der Waals surface area contributed by atoms with Crippen molar-refractivity contribution in [2.75, 3.05) is 20.1 Å². The number of halogens is 4. The first-order chi connectivity index (χ1) is 8.79. The molecule has 1 N–H and O–H groups in total. The highest BCUT2D eigenvalue weighted by atomic mass is 19.4. The summed E-state index contributed by atoms with van der Waals surface area (Å²) in [4.78, 5) is 1.26. The third-order valence-electron chi connectivity index (χ3n) is 2.29. The maximum Gasteiger partial charge on any atom is 0.415 e. The molecule has 0 aromatic heterocycles. The molecular weight excluding hydrogens is 262 g/mol. The van der Waals surface area contributed by atoms with Gasteiger partial charge < -0.3 is 5.11 Å². The first-order valence-electron chi connectivity index (χ1n) is 5.47. The lowest BCUT2D eigenvalue weighted by atomic mass is 10.2. The molecule has 0 radical (unpaired) electrons. The zero-order chi connectivity index (χ0) is 14.5. The molecule has 0 heterocycles. The van der Waals surface area contributed by atoms with Crippen LogP contribution < -0.4 is 0 Å². The summed E-state index contributed by atoms with van der Waals surface area (Å²) >= 11 is 0. The molecule has 1 unspecified atom stereocenters. The van der Waals surface area contributed by atoms with Crippen LogP contribution >= 0.6 is 0 Å². The van der Waals surface area contributed by atoms with E-state index in [0.717, 1.165) is 0 Å². The van der Waals surface area contributed by atoms with Crippen molar-refractivity contribution in [1.82, 2.24) is 4.90 Å². The van der Waals surface area contributed by atoms with E-state index < -0.39 is 18.8 Å². The summed E-state index contributed by atoms with van der Waals surface area (Å²) in [7, 11) is 1.42. The minimum Gasteiger partial charge on any atom is -0.382 e. The normalized spacial score (nSPS) is 13.0. The van der Waals surface area contributed by atoms with Crippen molar-refractivity contribution in [3.05, 3.63) is 35.6 Å². The van der Waals surface area contributed by atoms with Crippen molar-refractivity contribution in [3.63, 3.8) is 0 Å². The Morgan fingerprint density at radius 2 is 1.84 bits per heavy atom. The molecule has 0 saturated heterocycles. The van der Waals surface area contributed by atoms with Gasteiger partial charge in [-0.1, -0.05) is 11.8 Å². The minimum atomic E-state index is -4.63. The molecule has 0 aliphatic heterocycles. The van der Waals surface area contributed by atoms with Crippen molar-refractivity contribution in [2.24, 2.45) is 0 Å². The molecule has 0 spiro atoms. The molecule has 0 saturated carbocycles. The highest BCUT2D eigenvalue weighted by Gasteiger charge is 2.38. The summed E-state index contributed by atoms with van der Waals surface area (Å²) in [6.07, 6.45) is -7.01. The van der Waals surface area contributed by atoms with Crippen LogP contribution in [0, 0.1) is 17.7 Å². The van der Waals surface area contributed by atoms with Crippen molar-refractivity contribution in [1.29, 1.82) is 0 Å². The smallest absolute Gasteiger partial charge is 0.382 e. The van der Waals surface area contributed by atoms with Crippen molar-refractivity contribution in [2.45, 2.75) is 12.3 Å². The number of rotatable bonds is 3. The van der Waals surface area contributed by atoms with E-state index in [1.807, 2.05) is 0 Å². The Morgan fingerprint density at radius 3 is 2.37 bits per heavy atom. The van der Waals surface area contributed by atoms with E-state index >= 15 is 0 Å². The van der Waals surface area contributed by atoms with Gasteiger partial charge in [0, 0.05) is 12.1 Å². The maximum absolute atomic E-state index is 12.6. The third kappa shape index (κ3) is 5.73. The lowest BCUT2D eigenvalue weighted by molar-refractivity contribution is -0.207. The number of nitrogens with zero attached hydrogens (tertiary/aromatic N) is 1. The van der Waals surface area contributed by atoms with E-state index in [1.165, 1.54) is 36.2 Å². The number of hydrogen-bond donors (Lipinski definition) is 1. The molecule has 104 valence electrons. The van der Waals surface area contributed by atoms with Crippen LogP contribution in [-0.2, 0) is 0 Å². The van der Waals surface area contributed by atoms with Gasteiger partial charge in [-0.25, -0.2) is 4.39 Å². The lowest BCUT2D eigenvalue weighted by Crippen LogP contribution is -2.39. The summed E-state index contributed by atoms with van der Waals surface area (Å²) in [5.74, 6) is 4.97. The van der Waals surface area contributed by atoms with Crippen molar-refractivity contribution in [3.8, 4) is 11.8 Å². The van der Waals surface area contributed by atoms with Crippen LogP contribution in [0.25, 0.3) is 0 Å². The second-order valence-electron chi connectivity index (χ2n) is 4.06. The Labute approximate surface area is 108 Å². The summed E-state index contributed by atoms with van der Waals surface area (Å²) in [5, 5.41) is 8.85. The van der Waals surface area contributed by atoms with Gasteiger partial charge in [-0.2, -0.15) is 13.2 Å². The van der Waals surface area contributed by atoms with Crippen LogP contribution in [0.3, 0.4) is 0 Å². The SMILES string of the molecule is CN(CC#Cc1ccc(F)cc1)CC(O)C(F)(F)F. The number of benzene rings is 1. The maximum atomic E-state index is 12.6. The Morgan fingerprint density at radius 1 is 1.26 bits per heavy atom. The van der Waals surface area contributed by atoms with Gasteiger partial charge in [0.25, 0.3) is 0 Å². The first-order valence-corrected chi connectivity index (χ1v) is 5.47. The second-order valence-corrected chi connectivity index (χ2v) is 4.06. The van der Waals surface area contributed by atoms with Gasteiger partial charge in [0.15, 0.2) is 6.10 Å². The molecule has 2 nitrogen and oxygen atoms in total. The number of likely N-dealkylation sites (N-methyl/N-ethyl adjacent to an activating group) is 1. The van der Waals surface area contributed by atoms with E-state index in [9.17, 15) is 17.6 Å². The Balaban J connectivity index is 2.47.